The molecule has 0 amide bonds. The third kappa shape index (κ3) is 3.72. The van der Waals surface area contributed by atoms with Crippen LogP contribution >= 0.6 is 0 Å². The summed E-state index contributed by atoms with van der Waals surface area (Å²) < 4.78 is 11.8. The van der Waals surface area contributed by atoms with E-state index in [9.17, 15) is 0 Å². The Kier molecular flexibility index (Phi) is 5.15. The van der Waals surface area contributed by atoms with Gasteiger partial charge in [0.05, 0.1) is 17.9 Å². The van der Waals surface area contributed by atoms with E-state index in [0.717, 1.165) is 6.42 Å². The number of nitrogens with one attached hydrogen (secondary N) is 1. The highest BCUT2D eigenvalue weighted by atomic mass is 16.7. The van der Waals surface area contributed by atoms with Crippen LogP contribution in [-0.4, -0.2) is 16.0 Å². The van der Waals surface area contributed by atoms with E-state index in [0.29, 0.717) is 5.92 Å². The van der Waals surface area contributed by atoms with Gasteiger partial charge in [-0.3, -0.25) is 4.74 Å². The minimum absolute atomic E-state index is 0.000771. The van der Waals surface area contributed by atoms with Gasteiger partial charge < -0.3 is 9.72 Å². The molecular formula is C26H30NO2+. The molecule has 0 spiro atoms. The molecule has 0 bridgehead atoms. The monoisotopic (exact) mass is 388 g/mol. The number of allylic oxidation sites excluding steroid dienone is 1. The Labute approximate surface area is 172 Å². The lowest BCUT2D eigenvalue weighted by atomic mass is 9.84. The summed E-state index contributed by atoms with van der Waals surface area (Å²) in [4.78, 5) is 3.39. The highest BCUT2D eigenvalue weighted by Crippen LogP contribution is 2.41. The van der Waals surface area contributed by atoms with Crippen molar-refractivity contribution in [3.05, 3.63) is 83.3 Å². The Morgan fingerprint density at radius 3 is 2.55 bits per heavy atom. The van der Waals surface area contributed by atoms with Gasteiger partial charge in [-0.2, -0.15) is 0 Å². The topological polar surface area (TPSA) is 37.8 Å². The lowest BCUT2D eigenvalue weighted by Crippen LogP contribution is -2.34. The van der Waals surface area contributed by atoms with Crippen LogP contribution in [0.15, 0.2) is 72.1 Å². The van der Waals surface area contributed by atoms with Crippen LogP contribution in [0.5, 0.6) is 0 Å². The zero-order chi connectivity index (χ0) is 19.6. The molecule has 150 valence electrons. The van der Waals surface area contributed by atoms with Gasteiger partial charge in [0.2, 0.25) is 5.76 Å². The lowest BCUT2D eigenvalue weighted by Gasteiger charge is -2.34. The summed E-state index contributed by atoms with van der Waals surface area (Å²) in [6, 6.07) is 19.1. The predicted molar refractivity (Wildman–Crippen MR) is 118 cm³/mol. The Morgan fingerprint density at radius 2 is 1.72 bits per heavy atom. The second-order valence-corrected chi connectivity index (χ2v) is 8.48. The highest BCUT2D eigenvalue weighted by Gasteiger charge is 2.38. The summed E-state index contributed by atoms with van der Waals surface area (Å²) in [5, 5.41) is 1.27. The van der Waals surface area contributed by atoms with Gasteiger partial charge in [0.15, 0.2) is 0 Å². The van der Waals surface area contributed by atoms with Gasteiger partial charge in [-0.1, -0.05) is 67.8 Å². The number of H-pyrrole nitrogens is 1. The predicted octanol–water partition coefficient (Wildman–Crippen LogP) is 6.19. The van der Waals surface area contributed by atoms with E-state index in [-0.39, 0.29) is 12.4 Å². The number of aromatic amines is 1. The first kappa shape index (κ1) is 18.5. The highest BCUT2D eigenvalue weighted by molar-refractivity contribution is 5.83. The van der Waals surface area contributed by atoms with Crippen LogP contribution in [0.1, 0.15) is 56.3 Å². The first-order valence-corrected chi connectivity index (χ1v) is 11.0. The zero-order valence-corrected chi connectivity index (χ0v) is 17.1. The summed E-state index contributed by atoms with van der Waals surface area (Å²) in [6.07, 6.45) is 9.31. The maximum absolute atomic E-state index is 6.59. The molecule has 3 nitrogen and oxygen atoms in total. The molecular weight excluding hydrogens is 358 g/mol. The second kappa shape index (κ2) is 8.08. The minimum atomic E-state index is -0.139. The Morgan fingerprint density at radius 1 is 0.966 bits per heavy atom. The fraction of sp³-hybridized carbons (Fsp3) is 0.385. The fourth-order valence-electron chi connectivity index (χ4n) is 5.02. The molecule has 3 heteroatoms. The van der Waals surface area contributed by atoms with Crippen molar-refractivity contribution in [2.24, 2.45) is 5.92 Å². The van der Waals surface area contributed by atoms with Crippen molar-refractivity contribution in [3.8, 4) is 0 Å². The van der Waals surface area contributed by atoms with E-state index in [1.54, 1.807) is 0 Å². The molecule has 5 rings (SSSR count). The average molecular weight is 389 g/mol. The largest absolute Gasteiger partial charge is 0.563 e. The Bertz CT molecular complexity index is 998. The zero-order valence-electron chi connectivity index (χ0n) is 17.1. The fourth-order valence-corrected chi connectivity index (χ4v) is 5.02. The van der Waals surface area contributed by atoms with Crippen LogP contribution in [0.2, 0.25) is 0 Å². The SMILES string of the molecule is CC1=C(C2CCCCC2)[OH+]C(Cc2c[nH]c3ccccc23)OC1c1ccccc1. The van der Waals surface area contributed by atoms with Crippen molar-refractivity contribution in [2.75, 3.05) is 0 Å². The first-order valence-electron chi connectivity index (χ1n) is 11.0. The smallest absolute Gasteiger partial charge is 0.300 e. The van der Waals surface area contributed by atoms with Crippen molar-refractivity contribution >= 4 is 10.9 Å². The maximum atomic E-state index is 6.59. The molecule has 1 aromatic heterocycles. The second-order valence-electron chi connectivity index (χ2n) is 8.48. The Balaban J connectivity index is 1.47. The molecule has 29 heavy (non-hydrogen) atoms. The van der Waals surface area contributed by atoms with Crippen LogP contribution in [0.4, 0.5) is 0 Å². The van der Waals surface area contributed by atoms with E-state index in [1.165, 1.54) is 65.5 Å². The summed E-state index contributed by atoms with van der Waals surface area (Å²) in [5.74, 6) is 1.90. The number of fused-ring (bicyclic) bond motifs is 1. The standard InChI is InChI=1S/C26H29NO2/c1-18-25(19-10-4-2-5-11-19)28-24(29-26(18)20-12-6-3-7-13-20)16-21-17-27-23-15-9-8-14-22(21)23/h2,4-5,8-11,14-15,17,20,24-25,27H,3,6-7,12-13,16H2,1H3/p+1. The molecule has 2 N–H and O–H groups in total. The Hall–Kier alpha value is -2.52. The molecule has 1 aliphatic heterocycles. The summed E-state index contributed by atoms with van der Waals surface area (Å²) in [6.45, 7) is 2.23. The number of aromatic nitrogens is 1. The van der Waals surface area contributed by atoms with Crippen LogP contribution < -0.4 is 0 Å². The van der Waals surface area contributed by atoms with Crippen molar-refractivity contribution < 1.29 is 9.47 Å². The van der Waals surface area contributed by atoms with Gasteiger partial charge in [0.25, 0.3) is 0 Å². The molecule has 2 atom stereocenters. The van der Waals surface area contributed by atoms with Crippen LogP contribution in [-0.2, 0) is 11.2 Å². The van der Waals surface area contributed by atoms with E-state index in [4.69, 9.17) is 9.47 Å². The van der Waals surface area contributed by atoms with Crippen molar-refractivity contribution in [1.29, 1.82) is 0 Å². The number of rotatable bonds is 4. The van der Waals surface area contributed by atoms with Gasteiger partial charge >= 0.3 is 6.29 Å². The molecule has 1 aliphatic carbocycles. The molecule has 1 fully saturated rings. The maximum Gasteiger partial charge on any atom is 0.300 e. The van der Waals surface area contributed by atoms with Gasteiger partial charge in [-0.25, -0.2) is 0 Å². The van der Waals surface area contributed by atoms with E-state index < -0.39 is 0 Å². The van der Waals surface area contributed by atoms with E-state index in [2.05, 4.69) is 72.7 Å². The molecule has 0 saturated heterocycles. The van der Waals surface area contributed by atoms with Gasteiger partial charge in [-0.15, -0.1) is 0 Å². The van der Waals surface area contributed by atoms with Gasteiger partial charge in [-0.05, 0) is 37.0 Å². The molecule has 2 aliphatic rings. The molecule has 2 unspecified atom stereocenters. The third-order valence-corrected chi connectivity index (χ3v) is 6.54. The minimum Gasteiger partial charge on any atom is -0.563 e. The quantitative estimate of drug-likeness (QED) is 0.532. The first-order chi connectivity index (χ1) is 14.3. The molecule has 2 heterocycles. The number of ether oxygens (including phenoxy) is 2. The summed E-state index contributed by atoms with van der Waals surface area (Å²) in [5.41, 5.74) is 5.00. The van der Waals surface area contributed by atoms with Crippen LogP contribution in [0, 0.1) is 5.92 Å². The summed E-state index contributed by atoms with van der Waals surface area (Å²) in [7, 11) is 0. The average Bonchev–Trinajstić information content (AvgIpc) is 3.19. The molecule has 3 aromatic rings. The van der Waals surface area contributed by atoms with E-state index in [1.807, 2.05) is 0 Å². The number of hydrogen-bond acceptors (Lipinski definition) is 1. The summed E-state index contributed by atoms with van der Waals surface area (Å²) >= 11 is 0. The van der Waals surface area contributed by atoms with E-state index >= 15 is 0 Å². The van der Waals surface area contributed by atoms with Crippen molar-refractivity contribution in [1.82, 2.24) is 4.98 Å². The number of para-hydroxylation sites is 1. The number of aliphatic hydroxyl groups is 2. The number of hydrogen-bond donors (Lipinski definition) is 1. The number of benzene rings is 2. The van der Waals surface area contributed by atoms with Gasteiger partial charge in [0.1, 0.15) is 6.10 Å². The van der Waals surface area contributed by atoms with Crippen LogP contribution in [0.3, 0.4) is 0 Å². The third-order valence-electron chi connectivity index (χ3n) is 6.54. The lowest BCUT2D eigenvalue weighted by molar-refractivity contribution is -0.248. The normalized spacial score (nSPS) is 23.3. The van der Waals surface area contributed by atoms with Crippen molar-refractivity contribution in [2.45, 2.75) is 57.8 Å². The molecule has 0 radical (unpaired) electrons. The van der Waals surface area contributed by atoms with Gasteiger partial charge in [0, 0.05) is 17.1 Å². The molecule has 1 saturated carbocycles. The van der Waals surface area contributed by atoms with Crippen molar-refractivity contribution in [3.63, 3.8) is 0 Å². The molecule has 2 aromatic carbocycles. The van der Waals surface area contributed by atoms with Crippen LogP contribution in [0.25, 0.3) is 10.9 Å².